The minimum Gasteiger partial charge on any atom is -0.494 e. The minimum absolute atomic E-state index is 0.00375. The summed E-state index contributed by atoms with van der Waals surface area (Å²) in [5.74, 6) is 0.941. The summed E-state index contributed by atoms with van der Waals surface area (Å²) in [5, 5.41) is 6.98. The van der Waals surface area contributed by atoms with Gasteiger partial charge in [0.2, 0.25) is 0 Å². The van der Waals surface area contributed by atoms with Gasteiger partial charge in [-0.2, -0.15) is 0 Å². The zero-order valence-corrected chi connectivity index (χ0v) is 21.3. The summed E-state index contributed by atoms with van der Waals surface area (Å²) in [7, 11) is 0. The smallest absolute Gasteiger partial charge is 0.193 e. The lowest BCUT2D eigenvalue weighted by Gasteiger charge is -2.19. The highest BCUT2D eigenvalue weighted by atomic mass is 32.1. The van der Waals surface area contributed by atoms with Crippen molar-refractivity contribution >= 4 is 28.8 Å². The number of carbonyl (C=O) groups is 1. The predicted octanol–water partition coefficient (Wildman–Crippen LogP) is 6.53. The van der Waals surface area contributed by atoms with Crippen LogP contribution in [0.5, 0.6) is 5.75 Å². The van der Waals surface area contributed by atoms with Crippen LogP contribution < -0.4 is 15.4 Å². The Labute approximate surface area is 208 Å². The average molecular weight is 475 g/mol. The molecule has 0 aromatic heterocycles. The van der Waals surface area contributed by atoms with Gasteiger partial charge in [-0.3, -0.25) is 4.79 Å². The molecule has 0 aliphatic carbocycles. The van der Waals surface area contributed by atoms with Crippen molar-refractivity contribution in [3.8, 4) is 5.75 Å². The molecule has 0 saturated carbocycles. The van der Waals surface area contributed by atoms with Crippen LogP contribution in [0, 0.1) is 0 Å². The zero-order chi connectivity index (χ0) is 24.6. The van der Waals surface area contributed by atoms with Gasteiger partial charge in [0.05, 0.1) is 6.61 Å². The maximum absolute atomic E-state index is 13.0. The summed E-state index contributed by atoms with van der Waals surface area (Å²) in [6, 6.07) is 23.4. The standard InChI is InChI=1S/C29H34N2O2S/c1-5-33-26-14-7-6-10-21(26)12-9-19-30-28(34)31-25-13-8-11-23(20-25)27(32)22-15-17-24(18-16-22)29(2,3)4/h6-8,10-11,13-18,20H,5,9,12,19H2,1-4H3,(H2,30,31,34). The molecule has 0 bridgehead atoms. The third-order valence-electron chi connectivity index (χ3n) is 5.58. The normalized spacial score (nSPS) is 11.1. The average Bonchev–Trinajstić information content (AvgIpc) is 2.82. The van der Waals surface area contributed by atoms with Crippen LogP contribution in [0.15, 0.2) is 72.8 Å². The number of hydrogen-bond acceptors (Lipinski definition) is 3. The maximum Gasteiger partial charge on any atom is 0.193 e. The number of thiocarbonyl (C=S) groups is 1. The minimum atomic E-state index is -0.00375. The monoisotopic (exact) mass is 474 g/mol. The summed E-state index contributed by atoms with van der Waals surface area (Å²) < 4.78 is 5.69. The number of hydrogen-bond donors (Lipinski definition) is 2. The van der Waals surface area contributed by atoms with E-state index in [4.69, 9.17) is 17.0 Å². The molecule has 3 rings (SSSR count). The van der Waals surface area contributed by atoms with E-state index >= 15 is 0 Å². The molecule has 2 N–H and O–H groups in total. The fourth-order valence-corrected chi connectivity index (χ4v) is 3.91. The molecule has 3 aromatic carbocycles. The van der Waals surface area contributed by atoms with Gasteiger partial charge in [-0.25, -0.2) is 0 Å². The quantitative estimate of drug-likeness (QED) is 0.210. The Morgan fingerprint density at radius 1 is 0.941 bits per heavy atom. The van der Waals surface area contributed by atoms with Gasteiger partial charge in [0.15, 0.2) is 10.9 Å². The van der Waals surface area contributed by atoms with Crippen LogP contribution in [0.2, 0.25) is 0 Å². The summed E-state index contributed by atoms with van der Waals surface area (Å²) >= 11 is 5.45. The summed E-state index contributed by atoms with van der Waals surface area (Å²) in [5.41, 5.74) is 4.56. The van der Waals surface area contributed by atoms with E-state index in [9.17, 15) is 4.79 Å². The maximum atomic E-state index is 13.0. The second kappa shape index (κ2) is 11.8. The molecule has 0 amide bonds. The molecule has 0 unspecified atom stereocenters. The van der Waals surface area contributed by atoms with E-state index in [0.717, 1.165) is 30.8 Å². The van der Waals surface area contributed by atoms with Crippen molar-refractivity contribution in [1.29, 1.82) is 0 Å². The van der Waals surface area contributed by atoms with Crippen molar-refractivity contribution in [2.24, 2.45) is 0 Å². The van der Waals surface area contributed by atoms with E-state index in [2.05, 4.69) is 37.5 Å². The first kappa shape index (κ1) is 25.4. The molecular weight excluding hydrogens is 440 g/mol. The van der Waals surface area contributed by atoms with Gasteiger partial charge in [-0.05, 0) is 66.7 Å². The molecule has 4 nitrogen and oxygen atoms in total. The largest absolute Gasteiger partial charge is 0.494 e. The highest BCUT2D eigenvalue weighted by molar-refractivity contribution is 7.80. The Balaban J connectivity index is 1.53. The Morgan fingerprint density at radius 2 is 1.68 bits per heavy atom. The molecule has 0 spiro atoms. The van der Waals surface area contributed by atoms with Gasteiger partial charge >= 0.3 is 0 Å². The van der Waals surface area contributed by atoms with Crippen molar-refractivity contribution < 1.29 is 9.53 Å². The van der Waals surface area contributed by atoms with Crippen LogP contribution in [0.3, 0.4) is 0 Å². The highest BCUT2D eigenvalue weighted by Gasteiger charge is 2.15. The van der Waals surface area contributed by atoms with Gasteiger partial charge in [0.1, 0.15) is 5.75 Å². The van der Waals surface area contributed by atoms with E-state index in [0.29, 0.717) is 22.8 Å². The molecule has 0 atom stereocenters. The molecule has 0 radical (unpaired) electrons. The number of anilines is 1. The van der Waals surface area contributed by atoms with Crippen LogP contribution in [0.1, 0.15) is 61.2 Å². The first-order chi connectivity index (χ1) is 16.3. The number of nitrogens with one attached hydrogen (secondary N) is 2. The first-order valence-corrected chi connectivity index (χ1v) is 12.2. The molecule has 34 heavy (non-hydrogen) atoms. The lowest BCUT2D eigenvalue weighted by molar-refractivity contribution is 0.103. The van der Waals surface area contributed by atoms with E-state index in [-0.39, 0.29) is 11.2 Å². The molecule has 3 aromatic rings. The van der Waals surface area contributed by atoms with Crippen molar-refractivity contribution in [3.05, 3.63) is 95.1 Å². The number of benzene rings is 3. The van der Waals surface area contributed by atoms with Gasteiger partial charge in [-0.1, -0.05) is 75.4 Å². The van der Waals surface area contributed by atoms with E-state index in [1.165, 1.54) is 11.1 Å². The lowest BCUT2D eigenvalue weighted by Crippen LogP contribution is -2.29. The molecular formula is C29H34N2O2S. The van der Waals surface area contributed by atoms with Crippen molar-refractivity contribution in [1.82, 2.24) is 5.32 Å². The van der Waals surface area contributed by atoms with Crippen molar-refractivity contribution in [3.63, 3.8) is 0 Å². The van der Waals surface area contributed by atoms with E-state index in [1.807, 2.05) is 73.7 Å². The zero-order valence-electron chi connectivity index (χ0n) is 20.5. The molecule has 0 aliphatic heterocycles. The SMILES string of the molecule is CCOc1ccccc1CCCNC(=S)Nc1cccc(C(=O)c2ccc(C(C)(C)C)cc2)c1. The van der Waals surface area contributed by atoms with Gasteiger partial charge in [-0.15, -0.1) is 0 Å². The van der Waals surface area contributed by atoms with Crippen LogP contribution in [0.25, 0.3) is 0 Å². The van der Waals surface area contributed by atoms with Crippen LogP contribution >= 0.6 is 12.2 Å². The van der Waals surface area contributed by atoms with Crippen molar-refractivity contribution in [2.45, 2.75) is 46.0 Å². The Kier molecular flexibility index (Phi) is 8.83. The second-order valence-electron chi connectivity index (χ2n) is 9.26. The van der Waals surface area contributed by atoms with E-state index in [1.54, 1.807) is 0 Å². The summed E-state index contributed by atoms with van der Waals surface area (Å²) in [6.07, 6.45) is 1.83. The second-order valence-corrected chi connectivity index (χ2v) is 9.67. The van der Waals surface area contributed by atoms with Crippen LogP contribution in [-0.2, 0) is 11.8 Å². The summed E-state index contributed by atoms with van der Waals surface area (Å²) in [6.45, 7) is 9.88. The molecule has 0 fully saturated rings. The number of carbonyl (C=O) groups excluding carboxylic acids is 1. The molecule has 0 heterocycles. The number of rotatable bonds is 9. The summed E-state index contributed by atoms with van der Waals surface area (Å²) in [4.78, 5) is 13.0. The third kappa shape index (κ3) is 7.16. The fraction of sp³-hybridized carbons (Fsp3) is 0.310. The van der Waals surface area contributed by atoms with E-state index < -0.39 is 0 Å². The topological polar surface area (TPSA) is 50.4 Å². The Bertz CT molecular complexity index is 1120. The fourth-order valence-electron chi connectivity index (χ4n) is 3.69. The lowest BCUT2D eigenvalue weighted by atomic mass is 9.86. The highest BCUT2D eigenvalue weighted by Crippen LogP contribution is 2.23. The van der Waals surface area contributed by atoms with Crippen LogP contribution in [-0.4, -0.2) is 24.0 Å². The predicted molar refractivity (Wildman–Crippen MR) is 145 cm³/mol. The Hall–Kier alpha value is -3.18. The van der Waals surface area contributed by atoms with Crippen molar-refractivity contribution in [2.75, 3.05) is 18.5 Å². The molecule has 0 saturated heterocycles. The number of aryl methyl sites for hydroxylation is 1. The molecule has 178 valence electrons. The first-order valence-electron chi connectivity index (χ1n) is 11.8. The number of ketones is 1. The number of para-hydroxylation sites is 1. The molecule has 5 heteroatoms. The molecule has 0 aliphatic rings. The third-order valence-corrected chi connectivity index (χ3v) is 5.82. The van der Waals surface area contributed by atoms with Crippen LogP contribution in [0.4, 0.5) is 5.69 Å². The Morgan fingerprint density at radius 3 is 2.38 bits per heavy atom. The number of ether oxygens (including phenoxy) is 1. The van der Waals surface area contributed by atoms with Gasteiger partial charge < -0.3 is 15.4 Å². The van der Waals surface area contributed by atoms with Gasteiger partial charge in [0.25, 0.3) is 0 Å². The van der Waals surface area contributed by atoms with Gasteiger partial charge in [0, 0.05) is 23.4 Å².